The Morgan fingerprint density at radius 1 is 1.25 bits per heavy atom. The van der Waals surface area contributed by atoms with Crippen molar-refractivity contribution in [3.8, 4) is 0 Å². The fourth-order valence-corrected chi connectivity index (χ4v) is 3.85. The van der Waals surface area contributed by atoms with E-state index in [0.29, 0.717) is 16.7 Å². The molecular weight excluding hydrogens is 418 g/mol. The number of carbonyl (C=O) groups is 1. The molecule has 4 rings (SSSR count). The zero-order chi connectivity index (χ0) is 22.9. The molecule has 3 heterocycles. The summed E-state index contributed by atoms with van der Waals surface area (Å²) >= 11 is 0. The number of nitrogens with one attached hydrogen (secondary N) is 3. The number of urea groups is 1. The van der Waals surface area contributed by atoms with Crippen molar-refractivity contribution in [1.29, 1.82) is 0 Å². The van der Waals surface area contributed by atoms with E-state index >= 15 is 0 Å². The third kappa shape index (κ3) is 4.80. The van der Waals surface area contributed by atoms with Crippen LogP contribution in [0.2, 0.25) is 0 Å². The van der Waals surface area contributed by atoms with Crippen molar-refractivity contribution in [2.45, 2.75) is 44.3 Å². The van der Waals surface area contributed by atoms with Crippen LogP contribution in [0.3, 0.4) is 0 Å². The van der Waals surface area contributed by atoms with Crippen LogP contribution in [0.5, 0.6) is 0 Å². The summed E-state index contributed by atoms with van der Waals surface area (Å²) in [6.07, 6.45) is 1.14. The molecule has 170 valence electrons. The Kier molecular flexibility index (Phi) is 5.72. The second-order valence-corrected chi connectivity index (χ2v) is 8.60. The highest BCUT2D eigenvalue weighted by Gasteiger charge is 2.35. The highest BCUT2D eigenvalue weighted by Crippen LogP contribution is 2.33. The van der Waals surface area contributed by atoms with Gasteiger partial charge in [-0.1, -0.05) is 30.3 Å². The van der Waals surface area contributed by atoms with Crippen LogP contribution in [0, 0.1) is 0 Å². The molecule has 4 N–H and O–H groups in total. The molecule has 8 nitrogen and oxygen atoms in total. The van der Waals surface area contributed by atoms with Crippen LogP contribution in [0.15, 0.2) is 42.6 Å². The Hall–Kier alpha value is -3.27. The van der Waals surface area contributed by atoms with E-state index in [-0.39, 0.29) is 31.7 Å². The van der Waals surface area contributed by atoms with E-state index in [9.17, 15) is 18.7 Å². The van der Waals surface area contributed by atoms with Crippen molar-refractivity contribution in [2.24, 2.45) is 0 Å². The maximum atomic E-state index is 13.5. The molecular formula is C22H26F2N6O2. The minimum atomic E-state index is -2.63. The zero-order valence-corrected chi connectivity index (χ0v) is 17.9. The van der Waals surface area contributed by atoms with Crippen LogP contribution < -0.4 is 15.5 Å². The van der Waals surface area contributed by atoms with Crippen molar-refractivity contribution < 1.29 is 18.7 Å². The predicted molar refractivity (Wildman–Crippen MR) is 118 cm³/mol. The highest BCUT2D eigenvalue weighted by atomic mass is 19.3. The Labute approximate surface area is 184 Å². The lowest BCUT2D eigenvalue weighted by molar-refractivity contribution is -0.0221. The first kappa shape index (κ1) is 21.9. The van der Waals surface area contributed by atoms with Crippen LogP contribution in [0.1, 0.15) is 38.3 Å². The lowest BCUT2D eigenvalue weighted by atomic mass is 9.92. The van der Waals surface area contributed by atoms with E-state index in [0.717, 1.165) is 5.56 Å². The number of anilines is 2. The van der Waals surface area contributed by atoms with Crippen LogP contribution in [0.25, 0.3) is 10.9 Å². The first-order valence-corrected chi connectivity index (χ1v) is 10.4. The number of fused-ring (bicyclic) bond motifs is 1. The van der Waals surface area contributed by atoms with Gasteiger partial charge in [-0.3, -0.25) is 10.4 Å². The number of aromatic amines is 1. The van der Waals surface area contributed by atoms with Gasteiger partial charge >= 0.3 is 6.03 Å². The van der Waals surface area contributed by atoms with Gasteiger partial charge in [0, 0.05) is 38.2 Å². The standard InChI is InChI=1S/C22H26F2N6O2/c1-21(2,32)18(14-6-4-3-5-7-14)27-20(31)26-17-12-16-15(13-25-17)19(29-28-16)30-10-8-22(23,24)9-11-30/h3-7,12-13,18,32H,8-11H2,1-2H3,(H,28,29)(H2,25,26,27,31). The van der Waals surface area contributed by atoms with Crippen LogP contribution in [0.4, 0.5) is 25.2 Å². The number of nitrogens with zero attached hydrogens (tertiary/aromatic N) is 3. The van der Waals surface area contributed by atoms with Gasteiger partial charge in [-0.15, -0.1) is 0 Å². The molecule has 0 bridgehead atoms. The summed E-state index contributed by atoms with van der Waals surface area (Å²) < 4.78 is 26.9. The quantitative estimate of drug-likeness (QED) is 0.479. The molecule has 1 aliphatic rings. The van der Waals surface area contributed by atoms with Crippen molar-refractivity contribution in [3.05, 3.63) is 48.2 Å². The van der Waals surface area contributed by atoms with Gasteiger partial charge in [-0.05, 0) is 19.4 Å². The van der Waals surface area contributed by atoms with Gasteiger partial charge in [0.05, 0.1) is 22.5 Å². The number of aromatic nitrogens is 3. The van der Waals surface area contributed by atoms with Gasteiger partial charge < -0.3 is 15.3 Å². The number of H-pyrrole nitrogens is 1. The van der Waals surface area contributed by atoms with E-state index in [1.54, 1.807) is 26.1 Å². The molecule has 1 atom stereocenters. The number of hydrogen-bond donors (Lipinski definition) is 4. The predicted octanol–water partition coefficient (Wildman–Crippen LogP) is 3.83. The lowest BCUT2D eigenvalue weighted by Crippen LogP contribution is -2.43. The summed E-state index contributed by atoms with van der Waals surface area (Å²) in [4.78, 5) is 18.7. The maximum absolute atomic E-state index is 13.5. The molecule has 1 fully saturated rings. The van der Waals surface area contributed by atoms with Gasteiger partial charge in [0.25, 0.3) is 5.92 Å². The molecule has 1 unspecified atom stereocenters. The molecule has 0 spiro atoms. The highest BCUT2D eigenvalue weighted by molar-refractivity contribution is 5.94. The lowest BCUT2D eigenvalue weighted by Gasteiger charge is -2.31. The molecule has 1 saturated heterocycles. The number of rotatable bonds is 5. The smallest absolute Gasteiger partial charge is 0.320 e. The first-order valence-electron chi connectivity index (χ1n) is 10.4. The molecule has 0 saturated carbocycles. The molecule has 2 amide bonds. The number of halogens is 2. The second-order valence-electron chi connectivity index (χ2n) is 8.60. The van der Waals surface area contributed by atoms with Gasteiger partial charge in [0.2, 0.25) is 0 Å². The van der Waals surface area contributed by atoms with Crippen LogP contribution >= 0.6 is 0 Å². The van der Waals surface area contributed by atoms with Crippen molar-refractivity contribution in [3.63, 3.8) is 0 Å². The average Bonchev–Trinajstić information content (AvgIpc) is 3.15. The van der Waals surface area contributed by atoms with Gasteiger partial charge in [-0.25, -0.2) is 18.6 Å². The van der Waals surface area contributed by atoms with Gasteiger partial charge in [0.15, 0.2) is 5.82 Å². The van der Waals surface area contributed by atoms with E-state index in [1.807, 2.05) is 35.2 Å². The van der Waals surface area contributed by atoms with Gasteiger partial charge in [0.1, 0.15) is 5.82 Å². The maximum Gasteiger partial charge on any atom is 0.320 e. The monoisotopic (exact) mass is 444 g/mol. The second kappa shape index (κ2) is 8.34. The van der Waals surface area contributed by atoms with Crippen molar-refractivity contribution in [1.82, 2.24) is 20.5 Å². The number of piperidine rings is 1. The fraction of sp³-hybridized carbons (Fsp3) is 0.409. The third-order valence-electron chi connectivity index (χ3n) is 5.58. The Morgan fingerprint density at radius 3 is 2.59 bits per heavy atom. The Bertz CT molecular complexity index is 1090. The Balaban J connectivity index is 1.47. The summed E-state index contributed by atoms with van der Waals surface area (Å²) in [5.74, 6) is -1.77. The number of pyridine rings is 1. The van der Waals surface area contributed by atoms with E-state index in [1.165, 1.54) is 0 Å². The molecule has 10 heteroatoms. The fourth-order valence-electron chi connectivity index (χ4n) is 3.85. The topological polar surface area (TPSA) is 106 Å². The number of hydrogen-bond acceptors (Lipinski definition) is 5. The van der Waals surface area contributed by atoms with E-state index < -0.39 is 23.6 Å². The van der Waals surface area contributed by atoms with E-state index in [4.69, 9.17) is 0 Å². The molecule has 1 aromatic carbocycles. The minimum Gasteiger partial charge on any atom is -0.388 e. The molecule has 1 aliphatic heterocycles. The third-order valence-corrected chi connectivity index (χ3v) is 5.58. The molecule has 3 aromatic rings. The van der Waals surface area contributed by atoms with Crippen LogP contribution in [-0.2, 0) is 0 Å². The Morgan fingerprint density at radius 2 is 1.94 bits per heavy atom. The number of alkyl halides is 2. The van der Waals surface area contributed by atoms with Crippen molar-refractivity contribution >= 4 is 28.6 Å². The largest absolute Gasteiger partial charge is 0.388 e. The minimum absolute atomic E-state index is 0.210. The number of carbonyl (C=O) groups excluding carboxylic acids is 1. The molecule has 0 radical (unpaired) electrons. The molecule has 32 heavy (non-hydrogen) atoms. The molecule has 2 aromatic heterocycles. The number of benzene rings is 1. The molecule has 0 aliphatic carbocycles. The number of aliphatic hydroxyl groups is 1. The van der Waals surface area contributed by atoms with Crippen molar-refractivity contribution in [2.75, 3.05) is 23.3 Å². The summed E-state index contributed by atoms with van der Waals surface area (Å²) in [5, 5.41) is 23.8. The summed E-state index contributed by atoms with van der Waals surface area (Å²) in [5.41, 5.74) is 0.202. The summed E-state index contributed by atoms with van der Waals surface area (Å²) in [6.45, 7) is 3.68. The van der Waals surface area contributed by atoms with Crippen LogP contribution in [-0.4, -0.2) is 50.9 Å². The summed E-state index contributed by atoms with van der Waals surface area (Å²) in [6, 6.07) is 9.66. The number of amides is 2. The SMILES string of the molecule is CC(C)(O)C(NC(=O)Nc1cc2[nH]nc(N3CCC(F)(F)CC3)c2cn1)c1ccccc1. The normalized spacial score (nSPS) is 17.2. The zero-order valence-electron chi connectivity index (χ0n) is 17.9. The van der Waals surface area contributed by atoms with E-state index in [2.05, 4.69) is 25.8 Å². The van der Waals surface area contributed by atoms with Gasteiger partial charge in [-0.2, -0.15) is 5.10 Å². The first-order chi connectivity index (χ1) is 15.1. The summed E-state index contributed by atoms with van der Waals surface area (Å²) in [7, 11) is 0. The average molecular weight is 444 g/mol.